The normalized spacial score (nSPS) is 10.8. The number of methoxy groups -OCH3 is 2. The number of aromatic nitrogens is 2. The molecular formula is C16H17N3O2. The Morgan fingerprint density at radius 1 is 1.00 bits per heavy atom. The van der Waals surface area contributed by atoms with E-state index in [0.29, 0.717) is 11.5 Å². The maximum atomic E-state index is 5.73. The monoisotopic (exact) mass is 283 g/mol. The van der Waals surface area contributed by atoms with Crippen LogP contribution in [-0.4, -0.2) is 23.8 Å². The lowest BCUT2D eigenvalue weighted by Crippen LogP contribution is -1.94. The van der Waals surface area contributed by atoms with Crippen molar-refractivity contribution in [3.8, 4) is 22.9 Å². The van der Waals surface area contributed by atoms with Crippen LogP contribution in [0.25, 0.3) is 22.4 Å². The Morgan fingerprint density at radius 2 is 1.62 bits per heavy atom. The molecule has 0 unspecified atom stereocenters. The van der Waals surface area contributed by atoms with Gasteiger partial charge in [0.05, 0.1) is 25.3 Å². The van der Waals surface area contributed by atoms with Crippen molar-refractivity contribution in [2.75, 3.05) is 20.0 Å². The van der Waals surface area contributed by atoms with Crippen molar-refractivity contribution in [3.63, 3.8) is 0 Å². The van der Waals surface area contributed by atoms with E-state index in [-0.39, 0.29) is 0 Å². The summed E-state index contributed by atoms with van der Waals surface area (Å²) in [5.41, 5.74) is 9.33. The number of imidazole rings is 1. The third-order valence-electron chi connectivity index (χ3n) is 3.56. The van der Waals surface area contributed by atoms with E-state index < -0.39 is 0 Å². The summed E-state index contributed by atoms with van der Waals surface area (Å²) in [4.78, 5) is 4.68. The first-order valence-electron chi connectivity index (χ1n) is 6.58. The van der Waals surface area contributed by atoms with Crippen molar-refractivity contribution in [2.45, 2.75) is 0 Å². The lowest BCUT2D eigenvalue weighted by atomic mass is 10.2. The van der Waals surface area contributed by atoms with E-state index in [9.17, 15) is 0 Å². The average molecular weight is 283 g/mol. The number of anilines is 1. The average Bonchev–Trinajstić information content (AvgIpc) is 2.83. The number of rotatable bonds is 3. The Labute approximate surface area is 122 Å². The highest BCUT2D eigenvalue weighted by atomic mass is 16.5. The van der Waals surface area contributed by atoms with Crippen LogP contribution in [0.1, 0.15) is 0 Å². The van der Waals surface area contributed by atoms with Crippen molar-refractivity contribution in [2.24, 2.45) is 7.05 Å². The summed E-state index contributed by atoms with van der Waals surface area (Å²) >= 11 is 0. The first-order valence-corrected chi connectivity index (χ1v) is 6.58. The fraction of sp³-hybridized carbons (Fsp3) is 0.188. The highest BCUT2D eigenvalue weighted by molar-refractivity contribution is 5.84. The molecule has 0 aliphatic heterocycles. The molecule has 108 valence electrons. The largest absolute Gasteiger partial charge is 0.493 e. The number of nitrogen functional groups attached to an aromatic ring is 1. The molecule has 2 N–H and O–H groups in total. The van der Waals surface area contributed by atoms with E-state index in [2.05, 4.69) is 4.98 Å². The molecule has 0 bridgehead atoms. The van der Waals surface area contributed by atoms with Crippen LogP contribution >= 0.6 is 0 Å². The Balaban J connectivity index is 2.21. The predicted octanol–water partition coefficient (Wildman–Crippen LogP) is 2.84. The van der Waals surface area contributed by atoms with E-state index in [0.717, 1.165) is 28.1 Å². The van der Waals surface area contributed by atoms with Crippen molar-refractivity contribution in [3.05, 3.63) is 36.4 Å². The minimum atomic E-state index is 0.673. The SMILES string of the molecule is COc1cc2nc(-c3ccc(N)cc3)n(C)c2cc1OC. The molecule has 5 nitrogen and oxygen atoms in total. The zero-order chi connectivity index (χ0) is 15.0. The van der Waals surface area contributed by atoms with Gasteiger partial charge in [-0.05, 0) is 24.3 Å². The molecule has 0 saturated carbocycles. The van der Waals surface area contributed by atoms with E-state index in [1.54, 1.807) is 14.2 Å². The molecule has 0 aliphatic carbocycles. The van der Waals surface area contributed by atoms with Crippen LogP contribution in [0.4, 0.5) is 5.69 Å². The number of ether oxygens (including phenoxy) is 2. The second-order valence-electron chi connectivity index (χ2n) is 4.81. The number of hydrogen-bond acceptors (Lipinski definition) is 4. The van der Waals surface area contributed by atoms with Crippen LogP contribution in [0.3, 0.4) is 0 Å². The fourth-order valence-corrected chi connectivity index (χ4v) is 2.41. The lowest BCUT2D eigenvalue weighted by Gasteiger charge is -2.07. The Kier molecular flexibility index (Phi) is 3.17. The third-order valence-corrected chi connectivity index (χ3v) is 3.56. The van der Waals surface area contributed by atoms with Gasteiger partial charge in [-0.1, -0.05) is 0 Å². The van der Waals surface area contributed by atoms with Gasteiger partial charge in [0.2, 0.25) is 0 Å². The molecule has 0 saturated heterocycles. The molecule has 21 heavy (non-hydrogen) atoms. The molecule has 1 aromatic heterocycles. The predicted molar refractivity (Wildman–Crippen MR) is 83.7 cm³/mol. The Hall–Kier alpha value is -2.69. The van der Waals surface area contributed by atoms with Gasteiger partial charge in [0.25, 0.3) is 0 Å². The topological polar surface area (TPSA) is 62.3 Å². The molecule has 0 radical (unpaired) electrons. The molecule has 0 fully saturated rings. The molecule has 0 spiro atoms. The summed E-state index contributed by atoms with van der Waals surface area (Å²) in [6.07, 6.45) is 0. The zero-order valence-corrected chi connectivity index (χ0v) is 12.3. The van der Waals surface area contributed by atoms with Crippen LogP contribution in [0.5, 0.6) is 11.5 Å². The number of aryl methyl sites for hydroxylation is 1. The molecular weight excluding hydrogens is 266 g/mol. The van der Waals surface area contributed by atoms with Crippen LogP contribution in [0.15, 0.2) is 36.4 Å². The van der Waals surface area contributed by atoms with E-state index in [1.165, 1.54) is 0 Å². The van der Waals surface area contributed by atoms with Gasteiger partial charge < -0.3 is 19.8 Å². The molecule has 2 aromatic carbocycles. The second kappa shape index (κ2) is 5.01. The number of nitrogens with two attached hydrogens (primary N) is 1. The minimum absolute atomic E-state index is 0.673. The van der Waals surface area contributed by atoms with Gasteiger partial charge in [-0.2, -0.15) is 0 Å². The summed E-state index contributed by atoms with van der Waals surface area (Å²) < 4.78 is 12.7. The maximum Gasteiger partial charge on any atom is 0.163 e. The fourth-order valence-electron chi connectivity index (χ4n) is 2.41. The number of nitrogens with zero attached hydrogens (tertiary/aromatic N) is 2. The summed E-state index contributed by atoms with van der Waals surface area (Å²) in [6.45, 7) is 0. The maximum absolute atomic E-state index is 5.73. The molecule has 3 rings (SSSR count). The molecule has 0 aliphatic rings. The van der Waals surface area contributed by atoms with Crippen LogP contribution in [-0.2, 0) is 7.05 Å². The van der Waals surface area contributed by atoms with Gasteiger partial charge in [0.15, 0.2) is 11.5 Å². The molecule has 0 amide bonds. The first-order chi connectivity index (χ1) is 10.1. The Bertz CT molecular complexity index is 791. The second-order valence-corrected chi connectivity index (χ2v) is 4.81. The molecule has 1 heterocycles. The molecule has 3 aromatic rings. The standard InChI is InChI=1S/C16H17N3O2/c1-19-13-9-15(21-3)14(20-2)8-12(13)18-16(19)10-4-6-11(17)7-5-10/h4-9H,17H2,1-3H3. The van der Waals surface area contributed by atoms with Gasteiger partial charge in [0, 0.05) is 30.4 Å². The summed E-state index contributed by atoms with van der Waals surface area (Å²) in [5, 5.41) is 0. The van der Waals surface area contributed by atoms with Crippen LogP contribution in [0.2, 0.25) is 0 Å². The molecule has 5 heteroatoms. The van der Waals surface area contributed by atoms with E-state index in [1.807, 2.05) is 48.0 Å². The number of hydrogen-bond donors (Lipinski definition) is 1. The van der Waals surface area contributed by atoms with Gasteiger partial charge in [-0.3, -0.25) is 0 Å². The minimum Gasteiger partial charge on any atom is -0.493 e. The summed E-state index contributed by atoms with van der Waals surface area (Å²) in [5.74, 6) is 2.24. The van der Waals surface area contributed by atoms with Crippen LogP contribution in [0, 0.1) is 0 Å². The summed E-state index contributed by atoms with van der Waals surface area (Å²) in [7, 11) is 5.22. The van der Waals surface area contributed by atoms with Gasteiger partial charge in [0.1, 0.15) is 5.82 Å². The van der Waals surface area contributed by atoms with Crippen molar-refractivity contribution >= 4 is 16.7 Å². The van der Waals surface area contributed by atoms with Gasteiger partial charge in [-0.15, -0.1) is 0 Å². The zero-order valence-electron chi connectivity index (χ0n) is 12.3. The van der Waals surface area contributed by atoms with Crippen molar-refractivity contribution in [1.29, 1.82) is 0 Å². The first kappa shape index (κ1) is 13.3. The smallest absolute Gasteiger partial charge is 0.163 e. The van der Waals surface area contributed by atoms with Gasteiger partial charge in [-0.25, -0.2) is 4.98 Å². The third kappa shape index (κ3) is 2.16. The van der Waals surface area contributed by atoms with Crippen molar-refractivity contribution in [1.82, 2.24) is 9.55 Å². The van der Waals surface area contributed by atoms with Gasteiger partial charge >= 0.3 is 0 Å². The lowest BCUT2D eigenvalue weighted by molar-refractivity contribution is 0.355. The van der Waals surface area contributed by atoms with Crippen molar-refractivity contribution < 1.29 is 9.47 Å². The van der Waals surface area contributed by atoms with E-state index in [4.69, 9.17) is 15.2 Å². The Morgan fingerprint density at radius 3 is 2.24 bits per heavy atom. The number of fused-ring (bicyclic) bond motifs is 1. The number of benzene rings is 2. The highest BCUT2D eigenvalue weighted by Gasteiger charge is 2.14. The summed E-state index contributed by atoms with van der Waals surface area (Å²) in [6, 6.07) is 11.5. The highest BCUT2D eigenvalue weighted by Crippen LogP contribution is 2.34. The molecule has 0 atom stereocenters. The quantitative estimate of drug-likeness (QED) is 0.751. The van der Waals surface area contributed by atoms with E-state index >= 15 is 0 Å². The van der Waals surface area contributed by atoms with Crippen LogP contribution < -0.4 is 15.2 Å².